The first-order valence-electron chi connectivity index (χ1n) is 8.44. The Balaban J connectivity index is 2.59. The van der Waals surface area contributed by atoms with E-state index in [1.807, 2.05) is 6.92 Å². The minimum absolute atomic E-state index is 0.103. The van der Waals surface area contributed by atoms with Gasteiger partial charge in [0.15, 0.2) is 0 Å². The molecule has 1 amide bonds. The van der Waals surface area contributed by atoms with Crippen molar-refractivity contribution in [3.63, 3.8) is 0 Å². The van der Waals surface area contributed by atoms with E-state index in [1.165, 1.54) is 6.42 Å². The number of carbonyl (C=O) groups is 2. The number of Topliss-reactive ketones (excluding diaryl/α,β-unsaturated/α-hetero) is 1. The molecule has 122 valence electrons. The molecule has 1 rings (SSSR count). The molecule has 0 aliphatic carbocycles. The molecule has 0 aromatic carbocycles. The predicted molar refractivity (Wildman–Crippen MR) is 86.2 cm³/mol. The minimum Gasteiger partial charge on any atom is -0.355 e. The number of likely N-dealkylation sites (tertiary alicyclic amines) is 1. The second-order valence-corrected chi connectivity index (χ2v) is 6.80. The highest BCUT2D eigenvalue weighted by molar-refractivity contribution is 5.81. The Labute approximate surface area is 129 Å². The Bertz CT molecular complexity index is 342. The van der Waals surface area contributed by atoms with Gasteiger partial charge in [0.2, 0.25) is 5.91 Å². The fourth-order valence-corrected chi connectivity index (χ4v) is 3.04. The number of hydrogen-bond donors (Lipinski definition) is 1. The quantitative estimate of drug-likeness (QED) is 0.786. The summed E-state index contributed by atoms with van der Waals surface area (Å²) in [4.78, 5) is 26.1. The zero-order chi connectivity index (χ0) is 15.8. The fraction of sp³-hybridized carbons (Fsp3) is 0.882. The lowest BCUT2D eigenvalue weighted by molar-refractivity contribution is -0.128. The molecule has 4 heteroatoms. The third-order valence-corrected chi connectivity index (χ3v) is 4.34. The van der Waals surface area contributed by atoms with E-state index in [-0.39, 0.29) is 23.8 Å². The number of hydrogen-bond acceptors (Lipinski definition) is 3. The standard InChI is InChI=1S/C17H32N2O2/c1-13(2)9-10-18-17(21)15(4)19-11-7-5-6-8-16(19)12-14(3)20/h13,15-16H,5-12H2,1-4H3,(H,18,21). The van der Waals surface area contributed by atoms with Crippen molar-refractivity contribution < 1.29 is 9.59 Å². The summed E-state index contributed by atoms with van der Waals surface area (Å²) in [7, 11) is 0. The predicted octanol–water partition coefficient (Wildman–Crippen LogP) is 2.76. The third-order valence-electron chi connectivity index (χ3n) is 4.34. The summed E-state index contributed by atoms with van der Waals surface area (Å²) in [6, 6.07) is 0.0930. The summed E-state index contributed by atoms with van der Waals surface area (Å²) >= 11 is 0. The minimum atomic E-state index is -0.139. The van der Waals surface area contributed by atoms with E-state index in [9.17, 15) is 9.59 Å². The first-order chi connectivity index (χ1) is 9.91. The van der Waals surface area contributed by atoms with Gasteiger partial charge in [-0.2, -0.15) is 0 Å². The Hall–Kier alpha value is -0.900. The van der Waals surface area contributed by atoms with E-state index < -0.39 is 0 Å². The lowest BCUT2D eigenvalue weighted by Crippen LogP contribution is -2.50. The van der Waals surface area contributed by atoms with Crippen LogP contribution in [0.3, 0.4) is 0 Å². The Morgan fingerprint density at radius 3 is 2.52 bits per heavy atom. The smallest absolute Gasteiger partial charge is 0.237 e. The average molecular weight is 296 g/mol. The van der Waals surface area contributed by atoms with E-state index in [2.05, 4.69) is 24.1 Å². The van der Waals surface area contributed by atoms with Gasteiger partial charge in [-0.3, -0.25) is 14.5 Å². The lowest BCUT2D eigenvalue weighted by atomic mass is 10.0. The fourth-order valence-electron chi connectivity index (χ4n) is 3.04. The highest BCUT2D eigenvalue weighted by atomic mass is 16.2. The van der Waals surface area contributed by atoms with Crippen LogP contribution in [-0.2, 0) is 9.59 Å². The van der Waals surface area contributed by atoms with Gasteiger partial charge in [-0.05, 0) is 45.6 Å². The molecule has 21 heavy (non-hydrogen) atoms. The first-order valence-corrected chi connectivity index (χ1v) is 8.44. The topological polar surface area (TPSA) is 49.4 Å². The van der Waals surface area contributed by atoms with Gasteiger partial charge in [0.1, 0.15) is 5.78 Å². The van der Waals surface area contributed by atoms with E-state index in [0.717, 1.165) is 38.8 Å². The molecule has 1 aliphatic rings. The number of ketones is 1. The van der Waals surface area contributed by atoms with E-state index >= 15 is 0 Å². The van der Waals surface area contributed by atoms with E-state index in [1.54, 1.807) is 6.92 Å². The second-order valence-electron chi connectivity index (χ2n) is 6.80. The van der Waals surface area contributed by atoms with Crippen molar-refractivity contribution in [3.05, 3.63) is 0 Å². The molecule has 0 saturated carbocycles. The van der Waals surface area contributed by atoms with Crippen LogP contribution in [0.4, 0.5) is 0 Å². The highest BCUT2D eigenvalue weighted by Gasteiger charge is 2.29. The number of carbonyl (C=O) groups excluding carboxylic acids is 2. The maximum absolute atomic E-state index is 12.3. The highest BCUT2D eigenvalue weighted by Crippen LogP contribution is 2.22. The molecule has 1 fully saturated rings. The van der Waals surface area contributed by atoms with Gasteiger partial charge in [-0.25, -0.2) is 0 Å². The zero-order valence-electron chi connectivity index (χ0n) is 14.2. The van der Waals surface area contributed by atoms with Crippen LogP contribution in [0, 0.1) is 5.92 Å². The second kappa shape index (κ2) is 9.19. The normalized spacial score (nSPS) is 21.9. The largest absolute Gasteiger partial charge is 0.355 e. The molecular weight excluding hydrogens is 264 g/mol. The molecule has 0 bridgehead atoms. The zero-order valence-corrected chi connectivity index (χ0v) is 14.2. The van der Waals surface area contributed by atoms with Crippen LogP contribution < -0.4 is 5.32 Å². The van der Waals surface area contributed by atoms with Crippen LogP contribution in [0.5, 0.6) is 0 Å². The summed E-state index contributed by atoms with van der Waals surface area (Å²) in [5.74, 6) is 0.926. The Kier molecular flexibility index (Phi) is 7.94. The molecular formula is C17H32N2O2. The molecule has 0 spiro atoms. The van der Waals surface area contributed by atoms with Crippen LogP contribution in [0.15, 0.2) is 0 Å². The molecule has 4 nitrogen and oxygen atoms in total. The average Bonchev–Trinajstić information content (AvgIpc) is 2.62. The van der Waals surface area contributed by atoms with Crippen LogP contribution in [-0.4, -0.2) is 41.8 Å². The van der Waals surface area contributed by atoms with Gasteiger partial charge in [0.05, 0.1) is 6.04 Å². The van der Waals surface area contributed by atoms with Crippen LogP contribution in [0.1, 0.15) is 66.2 Å². The van der Waals surface area contributed by atoms with Crippen molar-refractivity contribution in [3.8, 4) is 0 Å². The summed E-state index contributed by atoms with van der Waals surface area (Å²) in [6.07, 6.45) is 6.10. The van der Waals surface area contributed by atoms with Gasteiger partial charge >= 0.3 is 0 Å². The molecule has 2 atom stereocenters. The van der Waals surface area contributed by atoms with Gasteiger partial charge in [0, 0.05) is 19.0 Å². The number of nitrogens with one attached hydrogen (secondary N) is 1. The van der Waals surface area contributed by atoms with Crippen molar-refractivity contribution in [2.24, 2.45) is 5.92 Å². The first kappa shape index (κ1) is 18.1. The molecule has 1 heterocycles. The molecule has 0 aromatic rings. The molecule has 1 saturated heterocycles. The van der Waals surface area contributed by atoms with Gasteiger partial charge in [-0.15, -0.1) is 0 Å². The number of amides is 1. The monoisotopic (exact) mass is 296 g/mol. The van der Waals surface area contributed by atoms with Crippen LogP contribution in [0.2, 0.25) is 0 Å². The summed E-state index contributed by atoms with van der Waals surface area (Å²) in [5, 5.41) is 3.04. The number of nitrogens with zero attached hydrogens (tertiary/aromatic N) is 1. The number of rotatable bonds is 7. The van der Waals surface area contributed by atoms with Crippen molar-refractivity contribution in [2.75, 3.05) is 13.1 Å². The van der Waals surface area contributed by atoms with Gasteiger partial charge in [0.25, 0.3) is 0 Å². The van der Waals surface area contributed by atoms with Gasteiger partial charge < -0.3 is 5.32 Å². The Morgan fingerprint density at radius 1 is 1.19 bits per heavy atom. The van der Waals surface area contributed by atoms with E-state index in [0.29, 0.717) is 12.3 Å². The third kappa shape index (κ3) is 6.60. The Morgan fingerprint density at radius 2 is 1.90 bits per heavy atom. The summed E-state index contributed by atoms with van der Waals surface area (Å²) < 4.78 is 0. The van der Waals surface area contributed by atoms with E-state index in [4.69, 9.17) is 0 Å². The molecule has 0 radical (unpaired) electrons. The molecule has 1 aliphatic heterocycles. The lowest BCUT2D eigenvalue weighted by Gasteiger charge is -2.34. The maximum atomic E-state index is 12.3. The molecule has 2 unspecified atom stereocenters. The van der Waals surface area contributed by atoms with Gasteiger partial charge in [-0.1, -0.05) is 26.7 Å². The van der Waals surface area contributed by atoms with Crippen molar-refractivity contribution in [1.29, 1.82) is 0 Å². The molecule has 1 N–H and O–H groups in total. The van der Waals surface area contributed by atoms with Crippen molar-refractivity contribution in [1.82, 2.24) is 10.2 Å². The molecule has 0 aromatic heterocycles. The SMILES string of the molecule is CC(=O)CC1CCCCCN1C(C)C(=O)NCCC(C)C. The van der Waals surface area contributed by atoms with Crippen molar-refractivity contribution >= 4 is 11.7 Å². The van der Waals surface area contributed by atoms with Crippen molar-refractivity contribution in [2.45, 2.75) is 78.3 Å². The summed E-state index contributed by atoms with van der Waals surface area (Å²) in [5.41, 5.74) is 0. The maximum Gasteiger partial charge on any atom is 0.237 e. The summed E-state index contributed by atoms with van der Waals surface area (Å²) in [6.45, 7) is 9.61. The van der Waals surface area contributed by atoms with Crippen LogP contribution in [0.25, 0.3) is 0 Å². The van der Waals surface area contributed by atoms with Crippen LogP contribution >= 0.6 is 0 Å².